The van der Waals surface area contributed by atoms with E-state index in [9.17, 15) is 9.59 Å². The molecule has 0 fully saturated rings. The second-order valence-corrected chi connectivity index (χ2v) is 4.05. The molecular formula is C14H19NO6. The molecule has 0 aromatic heterocycles. The quantitative estimate of drug-likeness (QED) is 0.770. The number of hydrogen-bond donors (Lipinski definition) is 1. The topological polar surface area (TPSA) is 83.1 Å². The van der Waals surface area contributed by atoms with E-state index < -0.39 is 5.97 Å². The van der Waals surface area contributed by atoms with Gasteiger partial charge in [0.05, 0.1) is 27.8 Å². The number of carbonyl (C=O) groups is 2. The molecule has 1 aromatic carbocycles. The molecule has 1 rings (SSSR count). The fourth-order valence-corrected chi connectivity index (χ4v) is 1.66. The summed E-state index contributed by atoms with van der Waals surface area (Å²) in [5.41, 5.74) is 0.498. The van der Waals surface area contributed by atoms with Crippen LogP contribution < -0.4 is 19.5 Å². The minimum Gasteiger partial charge on any atom is -0.493 e. The SMILES string of the molecule is COc1cc(NC(=O)CCOC(C)=O)cc(OC)c1OC. The van der Waals surface area contributed by atoms with Gasteiger partial charge in [0.25, 0.3) is 0 Å². The highest BCUT2D eigenvalue weighted by Crippen LogP contribution is 2.39. The molecule has 1 amide bonds. The Morgan fingerprint density at radius 1 is 1.05 bits per heavy atom. The van der Waals surface area contributed by atoms with Crippen LogP contribution in [0.15, 0.2) is 12.1 Å². The van der Waals surface area contributed by atoms with E-state index in [1.165, 1.54) is 28.3 Å². The lowest BCUT2D eigenvalue weighted by atomic mass is 10.2. The summed E-state index contributed by atoms with van der Waals surface area (Å²) in [4.78, 5) is 22.4. The van der Waals surface area contributed by atoms with Crippen molar-refractivity contribution in [2.24, 2.45) is 0 Å². The molecule has 7 nitrogen and oxygen atoms in total. The van der Waals surface area contributed by atoms with Crippen LogP contribution in [0.5, 0.6) is 17.2 Å². The van der Waals surface area contributed by atoms with Gasteiger partial charge in [-0.3, -0.25) is 9.59 Å². The van der Waals surface area contributed by atoms with Crippen molar-refractivity contribution in [3.63, 3.8) is 0 Å². The van der Waals surface area contributed by atoms with Gasteiger partial charge in [-0.2, -0.15) is 0 Å². The van der Waals surface area contributed by atoms with Crippen molar-refractivity contribution < 1.29 is 28.5 Å². The third-order valence-electron chi connectivity index (χ3n) is 2.58. The van der Waals surface area contributed by atoms with Crippen LogP contribution >= 0.6 is 0 Å². The molecule has 0 saturated heterocycles. The van der Waals surface area contributed by atoms with Crippen LogP contribution in [0.1, 0.15) is 13.3 Å². The molecular weight excluding hydrogens is 278 g/mol. The molecule has 0 aliphatic heterocycles. The van der Waals surface area contributed by atoms with Gasteiger partial charge in [0, 0.05) is 24.7 Å². The van der Waals surface area contributed by atoms with E-state index in [1.807, 2.05) is 0 Å². The van der Waals surface area contributed by atoms with E-state index >= 15 is 0 Å². The first-order chi connectivity index (χ1) is 10.0. The highest BCUT2D eigenvalue weighted by Gasteiger charge is 2.14. The molecule has 0 unspecified atom stereocenters. The van der Waals surface area contributed by atoms with Crippen LogP contribution in [-0.2, 0) is 14.3 Å². The van der Waals surface area contributed by atoms with Gasteiger partial charge in [0.2, 0.25) is 11.7 Å². The van der Waals surface area contributed by atoms with Gasteiger partial charge in [0.1, 0.15) is 6.61 Å². The Hall–Kier alpha value is -2.44. The first-order valence-electron chi connectivity index (χ1n) is 6.25. The molecule has 0 heterocycles. The van der Waals surface area contributed by atoms with Gasteiger partial charge in [0.15, 0.2) is 11.5 Å². The fraction of sp³-hybridized carbons (Fsp3) is 0.429. The van der Waals surface area contributed by atoms with Gasteiger partial charge < -0.3 is 24.3 Å². The summed E-state index contributed by atoms with van der Waals surface area (Å²) < 4.78 is 20.3. The average molecular weight is 297 g/mol. The second-order valence-electron chi connectivity index (χ2n) is 4.05. The number of ether oxygens (including phenoxy) is 4. The molecule has 21 heavy (non-hydrogen) atoms. The molecule has 1 aromatic rings. The molecule has 1 N–H and O–H groups in total. The van der Waals surface area contributed by atoms with Crippen molar-refractivity contribution in [3.8, 4) is 17.2 Å². The van der Waals surface area contributed by atoms with Crippen LogP contribution in [0.25, 0.3) is 0 Å². The van der Waals surface area contributed by atoms with E-state index in [2.05, 4.69) is 5.32 Å². The average Bonchev–Trinajstić information content (AvgIpc) is 2.45. The molecule has 7 heteroatoms. The van der Waals surface area contributed by atoms with Crippen molar-refractivity contribution in [3.05, 3.63) is 12.1 Å². The minimum absolute atomic E-state index is 0.0333. The molecule has 0 atom stereocenters. The summed E-state index contributed by atoms with van der Waals surface area (Å²) >= 11 is 0. The highest BCUT2D eigenvalue weighted by atomic mass is 16.5. The zero-order valence-electron chi connectivity index (χ0n) is 12.5. The maximum absolute atomic E-state index is 11.7. The van der Waals surface area contributed by atoms with Gasteiger partial charge in [-0.05, 0) is 0 Å². The van der Waals surface area contributed by atoms with Crippen LogP contribution in [-0.4, -0.2) is 39.8 Å². The summed E-state index contributed by atoms with van der Waals surface area (Å²) in [7, 11) is 4.48. The van der Waals surface area contributed by atoms with Crippen LogP contribution in [0.2, 0.25) is 0 Å². The third kappa shape index (κ3) is 4.87. The van der Waals surface area contributed by atoms with E-state index in [1.54, 1.807) is 12.1 Å². The zero-order chi connectivity index (χ0) is 15.8. The third-order valence-corrected chi connectivity index (χ3v) is 2.58. The summed E-state index contributed by atoms with van der Waals surface area (Å²) in [6.07, 6.45) is 0.0657. The summed E-state index contributed by atoms with van der Waals surface area (Å²) in [6, 6.07) is 3.23. The van der Waals surface area contributed by atoms with Crippen LogP contribution in [0.4, 0.5) is 5.69 Å². The number of amides is 1. The number of nitrogens with one attached hydrogen (secondary N) is 1. The predicted octanol–water partition coefficient (Wildman–Crippen LogP) is 1.60. The lowest BCUT2D eigenvalue weighted by Gasteiger charge is -2.14. The molecule has 0 bridgehead atoms. The largest absolute Gasteiger partial charge is 0.493 e. The Morgan fingerprint density at radius 2 is 1.62 bits per heavy atom. The number of methoxy groups -OCH3 is 3. The Kier molecular flexibility index (Phi) is 6.32. The Morgan fingerprint density at radius 3 is 2.05 bits per heavy atom. The predicted molar refractivity (Wildman–Crippen MR) is 76.0 cm³/mol. The molecule has 0 aliphatic carbocycles. The first kappa shape index (κ1) is 16.6. The summed E-state index contributed by atoms with van der Waals surface area (Å²) in [5.74, 6) is 0.610. The van der Waals surface area contributed by atoms with E-state index in [-0.39, 0.29) is 18.9 Å². The second kappa shape index (κ2) is 7.98. The van der Waals surface area contributed by atoms with Crippen molar-refractivity contribution in [1.82, 2.24) is 0 Å². The number of hydrogen-bond acceptors (Lipinski definition) is 6. The van der Waals surface area contributed by atoms with Crippen molar-refractivity contribution in [2.75, 3.05) is 33.3 Å². The van der Waals surface area contributed by atoms with E-state index in [0.717, 1.165) is 0 Å². The maximum Gasteiger partial charge on any atom is 0.302 e. The lowest BCUT2D eigenvalue weighted by molar-refractivity contribution is -0.141. The van der Waals surface area contributed by atoms with Crippen molar-refractivity contribution in [1.29, 1.82) is 0 Å². The normalized spacial score (nSPS) is 9.71. The summed E-state index contributed by atoms with van der Waals surface area (Å²) in [5, 5.41) is 2.67. The molecule has 0 radical (unpaired) electrons. The van der Waals surface area contributed by atoms with E-state index in [4.69, 9.17) is 18.9 Å². The zero-order valence-corrected chi connectivity index (χ0v) is 12.5. The van der Waals surface area contributed by atoms with Crippen molar-refractivity contribution >= 4 is 17.6 Å². The molecule has 116 valence electrons. The maximum atomic E-state index is 11.7. The Balaban J connectivity index is 2.79. The summed E-state index contributed by atoms with van der Waals surface area (Å²) in [6.45, 7) is 1.32. The molecule has 0 saturated carbocycles. The smallest absolute Gasteiger partial charge is 0.302 e. The number of benzene rings is 1. The van der Waals surface area contributed by atoms with Crippen LogP contribution in [0, 0.1) is 0 Å². The Bertz CT molecular complexity index is 489. The fourth-order valence-electron chi connectivity index (χ4n) is 1.66. The van der Waals surface area contributed by atoms with Gasteiger partial charge in [-0.15, -0.1) is 0 Å². The standard InChI is InChI=1S/C14H19NO6/c1-9(16)21-6-5-13(17)15-10-7-11(18-2)14(20-4)12(8-10)19-3/h7-8H,5-6H2,1-4H3,(H,15,17). The number of esters is 1. The van der Waals surface area contributed by atoms with Crippen molar-refractivity contribution in [2.45, 2.75) is 13.3 Å². The molecule has 0 spiro atoms. The Labute approximate surface area is 123 Å². The van der Waals surface area contributed by atoms with E-state index in [0.29, 0.717) is 22.9 Å². The number of rotatable bonds is 7. The van der Waals surface area contributed by atoms with Crippen LogP contribution in [0.3, 0.4) is 0 Å². The molecule has 0 aliphatic rings. The van der Waals surface area contributed by atoms with Gasteiger partial charge >= 0.3 is 5.97 Å². The van der Waals surface area contributed by atoms with Gasteiger partial charge in [-0.25, -0.2) is 0 Å². The number of carbonyl (C=O) groups excluding carboxylic acids is 2. The minimum atomic E-state index is -0.421. The lowest BCUT2D eigenvalue weighted by Crippen LogP contribution is -2.15. The number of anilines is 1. The highest BCUT2D eigenvalue weighted by molar-refractivity contribution is 5.91. The van der Waals surface area contributed by atoms with Gasteiger partial charge in [-0.1, -0.05) is 0 Å². The first-order valence-corrected chi connectivity index (χ1v) is 6.25. The monoisotopic (exact) mass is 297 g/mol.